The lowest BCUT2D eigenvalue weighted by atomic mass is 9.95. The largest absolute Gasteiger partial charge is 0.491 e. The van der Waals surface area contributed by atoms with E-state index in [0.717, 1.165) is 5.56 Å². The predicted octanol–water partition coefficient (Wildman–Crippen LogP) is 6.61. The van der Waals surface area contributed by atoms with Gasteiger partial charge in [0, 0.05) is 5.56 Å². The molecule has 0 amide bonds. The average Bonchev–Trinajstić information content (AvgIpc) is 3.26. The van der Waals surface area contributed by atoms with Crippen LogP contribution in [0.15, 0.2) is 81.7 Å². The minimum atomic E-state index is -0.822. The van der Waals surface area contributed by atoms with Crippen molar-refractivity contribution in [3.05, 3.63) is 124 Å². The molecule has 7 nitrogen and oxygen atoms in total. The van der Waals surface area contributed by atoms with Gasteiger partial charge in [0.25, 0.3) is 5.56 Å². The fourth-order valence-electron chi connectivity index (χ4n) is 4.84. The van der Waals surface area contributed by atoms with Gasteiger partial charge in [0.1, 0.15) is 24.2 Å². The quantitative estimate of drug-likeness (QED) is 0.190. The summed E-state index contributed by atoms with van der Waals surface area (Å²) in [4.78, 5) is 32.3. The number of hydrogen-bond donors (Lipinski definition) is 0. The molecule has 4 aromatic rings. The van der Waals surface area contributed by atoms with Crippen molar-refractivity contribution in [2.45, 2.75) is 46.4 Å². The molecule has 3 aromatic carbocycles. The number of ether oxygens (including phenoxy) is 3. The topological polar surface area (TPSA) is 79.1 Å². The molecule has 0 unspecified atom stereocenters. The first-order valence-electron chi connectivity index (χ1n) is 13.9. The Morgan fingerprint density at radius 1 is 1.11 bits per heavy atom. The number of carbonyl (C=O) groups excluding carboxylic acids is 1. The number of hydrogen-bond acceptors (Lipinski definition) is 7. The van der Waals surface area contributed by atoms with E-state index >= 15 is 0 Å². The summed E-state index contributed by atoms with van der Waals surface area (Å²) in [5, 5.41) is 0.494. The van der Waals surface area contributed by atoms with Gasteiger partial charge in [-0.15, -0.1) is 0 Å². The lowest BCUT2D eigenvalue weighted by Crippen LogP contribution is -2.40. The normalized spacial score (nSPS) is 14.8. The molecule has 5 rings (SSSR count). The summed E-state index contributed by atoms with van der Waals surface area (Å²) < 4.78 is 32.4. The molecule has 0 spiro atoms. The highest BCUT2D eigenvalue weighted by molar-refractivity contribution is 7.07. The maximum Gasteiger partial charge on any atom is 0.338 e. The van der Waals surface area contributed by atoms with Crippen molar-refractivity contribution in [3.8, 4) is 11.5 Å². The van der Waals surface area contributed by atoms with Gasteiger partial charge in [-0.3, -0.25) is 9.36 Å². The van der Waals surface area contributed by atoms with Crippen LogP contribution >= 0.6 is 34.5 Å². The smallest absolute Gasteiger partial charge is 0.338 e. The van der Waals surface area contributed by atoms with Crippen LogP contribution in [0.5, 0.6) is 11.5 Å². The highest BCUT2D eigenvalue weighted by Crippen LogP contribution is 2.37. The molecule has 2 heterocycles. The van der Waals surface area contributed by atoms with Crippen molar-refractivity contribution in [3.63, 3.8) is 0 Å². The van der Waals surface area contributed by atoms with Crippen LogP contribution in [0.25, 0.3) is 6.08 Å². The second-order valence-corrected chi connectivity index (χ2v) is 12.1. The Labute approximate surface area is 267 Å². The monoisotopic (exact) mass is 654 g/mol. The van der Waals surface area contributed by atoms with Crippen LogP contribution in [0.1, 0.15) is 50.4 Å². The molecule has 1 atom stereocenters. The number of halogens is 3. The van der Waals surface area contributed by atoms with Crippen molar-refractivity contribution in [2.75, 3.05) is 6.61 Å². The number of benzene rings is 3. The minimum absolute atomic E-state index is 0.139. The molecule has 228 valence electrons. The molecule has 0 N–H and O–H groups in total. The summed E-state index contributed by atoms with van der Waals surface area (Å²) in [6, 6.07) is 15.7. The van der Waals surface area contributed by atoms with Gasteiger partial charge in [0.2, 0.25) is 0 Å². The van der Waals surface area contributed by atoms with Crippen LogP contribution in [0.2, 0.25) is 10.0 Å². The van der Waals surface area contributed by atoms with E-state index < -0.39 is 12.0 Å². The van der Waals surface area contributed by atoms with Gasteiger partial charge in [-0.2, -0.15) is 0 Å². The Morgan fingerprint density at radius 3 is 2.45 bits per heavy atom. The Morgan fingerprint density at radius 2 is 1.80 bits per heavy atom. The number of thiazole rings is 1. The van der Waals surface area contributed by atoms with E-state index in [9.17, 15) is 14.0 Å². The number of nitrogens with zero attached hydrogens (tertiary/aromatic N) is 2. The Balaban J connectivity index is 1.58. The van der Waals surface area contributed by atoms with Gasteiger partial charge >= 0.3 is 5.97 Å². The van der Waals surface area contributed by atoms with Crippen LogP contribution in [0, 0.1) is 5.82 Å². The van der Waals surface area contributed by atoms with E-state index in [1.165, 1.54) is 28.0 Å². The molecule has 0 radical (unpaired) electrons. The third kappa shape index (κ3) is 6.60. The SMILES string of the molecule is CCOC(=O)C1=C(C)N=c2s/c(=C/c3cc(Cl)c(OCc4ccc(F)cc4)c(Cl)c3)c(=O)n2[C@@H]1c1ccccc1OC(C)C. The van der Waals surface area contributed by atoms with E-state index in [-0.39, 0.29) is 52.1 Å². The fraction of sp³-hybridized carbons (Fsp3) is 0.242. The van der Waals surface area contributed by atoms with E-state index in [1.807, 2.05) is 38.1 Å². The summed E-state index contributed by atoms with van der Waals surface area (Å²) in [5.41, 5.74) is 2.32. The van der Waals surface area contributed by atoms with Crippen molar-refractivity contribution in [2.24, 2.45) is 4.99 Å². The lowest BCUT2D eigenvalue weighted by molar-refractivity contribution is -0.139. The molecule has 1 aliphatic heterocycles. The number of allylic oxidation sites excluding steroid dienone is 1. The molecule has 1 aromatic heterocycles. The van der Waals surface area contributed by atoms with Crippen LogP contribution in [0.4, 0.5) is 4.39 Å². The van der Waals surface area contributed by atoms with Gasteiger partial charge in [0.15, 0.2) is 10.6 Å². The maximum atomic E-state index is 14.0. The second kappa shape index (κ2) is 13.4. The van der Waals surface area contributed by atoms with Gasteiger partial charge in [0.05, 0.1) is 38.6 Å². The summed E-state index contributed by atoms with van der Waals surface area (Å²) in [6.07, 6.45) is 1.53. The highest BCUT2D eigenvalue weighted by atomic mass is 35.5. The summed E-state index contributed by atoms with van der Waals surface area (Å²) in [7, 11) is 0. The van der Waals surface area contributed by atoms with Crippen molar-refractivity contribution in [1.29, 1.82) is 0 Å². The summed E-state index contributed by atoms with van der Waals surface area (Å²) >= 11 is 14.3. The van der Waals surface area contributed by atoms with E-state index in [2.05, 4.69) is 4.99 Å². The maximum absolute atomic E-state index is 14.0. The first-order valence-corrected chi connectivity index (χ1v) is 15.5. The van der Waals surface area contributed by atoms with Crippen molar-refractivity contribution in [1.82, 2.24) is 4.57 Å². The third-order valence-electron chi connectivity index (χ3n) is 6.71. The second-order valence-electron chi connectivity index (χ2n) is 10.2. The molecule has 0 saturated carbocycles. The molecule has 0 fully saturated rings. The highest BCUT2D eigenvalue weighted by Gasteiger charge is 2.35. The zero-order chi connectivity index (χ0) is 31.5. The number of carbonyl (C=O) groups is 1. The molecule has 0 bridgehead atoms. The summed E-state index contributed by atoms with van der Waals surface area (Å²) in [5.74, 6) is -0.0746. The van der Waals surface area contributed by atoms with Gasteiger partial charge < -0.3 is 14.2 Å². The van der Waals surface area contributed by atoms with E-state index in [0.29, 0.717) is 31.9 Å². The molecular weight excluding hydrogens is 626 g/mol. The van der Waals surface area contributed by atoms with Gasteiger partial charge in [-0.1, -0.05) is 64.9 Å². The molecule has 44 heavy (non-hydrogen) atoms. The van der Waals surface area contributed by atoms with E-state index in [1.54, 1.807) is 44.2 Å². The zero-order valence-corrected chi connectivity index (χ0v) is 26.7. The van der Waals surface area contributed by atoms with Gasteiger partial charge in [-0.25, -0.2) is 14.2 Å². The third-order valence-corrected chi connectivity index (χ3v) is 8.25. The number of aromatic nitrogens is 1. The number of para-hydroxylation sites is 1. The van der Waals surface area contributed by atoms with Crippen molar-refractivity contribution < 1.29 is 23.4 Å². The van der Waals surface area contributed by atoms with E-state index in [4.69, 9.17) is 37.4 Å². The number of esters is 1. The van der Waals surface area contributed by atoms with Crippen LogP contribution < -0.4 is 24.4 Å². The predicted molar refractivity (Wildman–Crippen MR) is 170 cm³/mol. The molecule has 1 aliphatic rings. The van der Waals surface area contributed by atoms with Crippen LogP contribution in [-0.2, 0) is 16.1 Å². The van der Waals surface area contributed by atoms with Crippen LogP contribution in [0.3, 0.4) is 0 Å². The zero-order valence-electron chi connectivity index (χ0n) is 24.4. The molecule has 0 aliphatic carbocycles. The first kappa shape index (κ1) is 31.5. The molecular formula is C33H29Cl2FN2O5S. The standard InChI is InChI=1S/C33H29Cl2FN2O5S/c1-5-41-32(40)28-19(4)37-33-38(29(28)23-8-6-7-9-26(23)43-18(2)3)31(39)27(44-33)16-21-14-24(34)30(25(35)15-21)42-17-20-10-12-22(36)13-11-20/h6-16,18,29H,5,17H2,1-4H3/b27-16+/t29-/m1/s1. The number of rotatable bonds is 9. The van der Waals surface area contributed by atoms with Gasteiger partial charge in [-0.05, 0) is 75.2 Å². The molecule has 0 saturated heterocycles. The summed E-state index contributed by atoms with van der Waals surface area (Å²) in [6.45, 7) is 7.58. The Kier molecular flexibility index (Phi) is 9.58. The lowest BCUT2D eigenvalue weighted by Gasteiger charge is -2.26. The minimum Gasteiger partial charge on any atom is -0.491 e. The van der Waals surface area contributed by atoms with Crippen LogP contribution in [-0.4, -0.2) is 23.2 Å². The molecule has 11 heteroatoms. The Bertz CT molecular complexity index is 1910. The fourth-order valence-corrected chi connectivity index (χ4v) is 6.50. The Hall–Kier alpha value is -3.92. The number of fused-ring (bicyclic) bond motifs is 1. The average molecular weight is 656 g/mol. The first-order chi connectivity index (χ1) is 21.1. The van der Waals surface area contributed by atoms with Crippen molar-refractivity contribution >= 4 is 46.6 Å².